The van der Waals surface area contributed by atoms with Gasteiger partial charge >= 0.3 is 0 Å². The summed E-state index contributed by atoms with van der Waals surface area (Å²) in [4.78, 5) is 14.8. The monoisotopic (exact) mass is 322 g/mol. The van der Waals surface area contributed by atoms with Crippen molar-refractivity contribution in [3.05, 3.63) is 42.1 Å². The zero-order valence-corrected chi connectivity index (χ0v) is 13.0. The van der Waals surface area contributed by atoms with Crippen LogP contribution in [0.4, 0.5) is 0 Å². The quantitative estimate of drug-likeness (QED) is 0.477. The number of benzene rings is 1. The molecule has 2 rings (SSSR count). The highest BCUT2D eigenvalue weighted by Gasteiger charge is 2.22. The number of rotatable bonds is 7. The van der Waals surface area contributed by atoms with E-state index in [4.69, 9.17) is 0 Å². The maximum absolute atomic E-state index is 12.2. The number of sulfone groups is 1. The van der Waals surface area contributed by atoms with Crippen LogP contribution in [0, 0.1) is 0 Å². The van der Waals surface area contributed by atoms with Crippen LogP contribution < -0.4 is 0 Å². The van der Waals surface area contributed by atoms with Crippen molar-refractivity contribution in [3.8, 4) is 0 Å². The van der Waals surface area contributed by atoms with Gasteiger partial charge in [-0.3, -0.25) is 15.0 Å². The van der Waals surface area contributed by atoms with Gasteiger partial charge in [-0.15, -0.1) is 0 Å². The summed E-state index contributed by atoms with van der Waals surface area (Å²) in [5, 5.41) is 10.7. The Morgan fingerprint density at radius 3 is 2.77 bits per heavy atom. The molecule has 2 aromatic rings. The number of pyridine rings is 1. The summed E-state index contributed by atoms with van der Waals surface area (Å²) in [5.41, 5.74) is 1.39. The van der Waals surface area contributed by atoms with Gasteiger partial charge in [-0.25, -0.2) is 13.5 Å². The molecule has 7 heteroatoms. The first-order valence-corrected chi connectivity index (χ1v) is 8.74. The lowest BCUT2D eigenvalue weighted by atomic mass is 10.2. The van der Waals surface area contributed by atoms with Crippen molar-refractivity contribution in [1.82, 2.24) is 10.0 Å². The van der Waals surface area contributed by atoms with E-state index in [9.17, 15) is 18.4 Å². The molecule has 1 N–H and O–H groups in total. The predicted octanol–water partition coefficient (Wildman–Crippen LogP) is 1.78. The summed E-state index contributed by atoms with van der Waals surface area (Å²) < 4.78 is 24.5. The third-order valence-corrected chi connectivity index (χ3v) is 5.10. The predicted molar refractivity (Wildman–Crippen MR) is 83.0 cm³/mol. The van der Waals surface area contributed by atoms with Gasteiger partial charge in [0.2, 0.25) is 6.41 Å². The van der Waals surface area contributed by atoms with E-state index in [-0.39, 0.29) is 17.9 Å². The molecule has 0 spiro atoms. The molecule has 0 radical (unpaired) electrons. The normalized spacial score (nSPS) is 13.0. The van der Waals surface area contributed by atoms with E-state index < -0.39 is 15.9 Å². The molecule has 0 aliphatic rings. The second-order valence-electron chi connectivity index (χ2n) is 5.14. The standard InChI is InChI=1S/C15H18N2O4S/c1-2-14(17(19)11-18)10-22(20,21)9-12-7-13-5-3-4-6-15(13)16-8-12/h3-8,11,14,19H,2,9-10H2,1H3/t14-/m0/s1. The Balaban J connectivity index is 2.17. The van der Waals surface area contributed by atoms with Crippen LogP contribution in [0.15, 0.2) is 36.5 Å². The van der Waals surface area contributed by atoms with Crippen LogP contribution in [0.5, 0.6) is 0 Å². The molecular weight excluding hydrogens is 304 g/mol. The van der Waals surface area contributed by atoms with Crippen molar-refractivity contribution >= 4 is 27.2 Å². The highest BCUT2D eigenvalue weighted by Crippen LogP contribution is 2.16. The summed E-state index contributed by atoms with van der Waals surface area (Å²) in [5.74, 6) is -0.459. The van der Waals surface area contributed by atoms with Crippen LogP contribution in [0.2, 0.25) is 0 Å². The van der Waals surface area contributed by atoms with E-state index in [0.717, 1.165) is 10.9 Å². The number of carbonyl (C=O) groups is 1. The zero-order chi connectivity index (χ0) is 16.2. The van der Waals surface area contributed by atoms with Crippen molar-refractivity contribution in [2.75, 3.05) is 5.75 Å². The summed E-state index contributed by atoms with van der Waals surface area (Å²) in [6.07, 6.45) is 2.11. The maximum Gasteiger partial charge on any atom is 0.233 e. The van der Waals surface area contributed by atoms with Gasteiger partial charge < -0.3 is 0 Å². The Kier molecular flexibility index (Phi) is 5.10. The number of carbonyl (C=O) groups excluding carboxylic acids is 1. The van der Waals surface area contributed by atoms with E-state index in [1.165, 1.54) is 6.20 Å². The molecule has 0 aliphatic heterocycles. The average molecular weight is 322 g/mol. The highest BCUT2D eigenvalue weighted by molar-refractivity contribution is 7.90. The minimum Gasteiger partial charge on any atom is -0.286 e. The number of aromatic nitrogens is 1. The molecule has 0 fully saturated rings. The summed E-state index contributed by atoms with van der Waals surface area (Å²) in [6, 6.07) is 8.51. The van der Waals surface area contributed by atoms with Crippen molar-refractivity contribution in [2.24, 2.45) is 0 Å². The second-order valence-corrected chi connectivity index (χ2v) is 7.25. The van der Waals surface area contributed by atoms with Gasteiger partial charge in [-0.1, -0.05) is 25.1 Å². The lowest BCUT2D eigenvalue weighted by molar-refractivity contribution is -0.158. The van der Waals surface area contributed by atoms with E-state index in [2.05, 4.69) is 4.98 Å². The molecular formula is C15H18N2O4S. The summed E-state index contributed by atoms with van der Waals surface area (Å²) in [7, 11) is -3.47. The molecule has 6 nitrogen and oxygen atoms in total. The van der Waals surface area contributed by atoms with Crippen LogP contribution in [0.1, 0.15) is 18.9 Å². The Morgan fingerprint density at radius 1 is 1.36 bits per heavy atom. The van der Waals surface area contributed by atoms with Crippen LogP contribution in [-0.2, 0) is 20.4 Å². The Morgan fingerprint density at radius 2 is 2.09 bits per heavy atom. The number of hydrogen-bond donors (Lipinski definition) is 1. The molecule has 0 saturated heterocycles. The zero-order valence-electron chi connectivity index (χ0n) is 12.2. The van der Waals surface area contributed by atoms with E-state index >= 15 is 0 Å². The molecule has 118 valence electrons. The first kappa shape index (κ1) is 16.4. The van der Waals surface area contributed by atoms with E-state index in [1.54, 1.807) is 13.0 Å². The van der Waals surface area contributed by atoms with Gasteiger partial charge in [0.1, 0.15) is 0 Å². The van der Waals surface area contributed by atoms with Crippen LogP contribution in [0.3, 0.4) is 0 Å². The number of fused-ring (bicyclic) bond motifs is 1. The van der Waals surface area contributed by atoms with Crippen LogP contribution in [-0.4, -0.2) is 41.9 Å². The largest absolute Gasteiger partial charge is 0.286 e. The fourth-order valence-corrected chi connectivity index (χ4v) is 4.03. The Hall–Kier alpha value is -1.99. The molecule has 0 saturated carbocycles. The number of hydrogen-bond acceptors (Lipinski definition) is 5. The molecule has 1 atom stereocenters. The van der Waals surface area contributed by atoms with Gasteiger partial charge in [-0.05, 0) is 24.1 Å². The van der Waals surface area contributed by atoms with Crippen molar-refractivity contribution in [2.45, 2.75) is 25.1 Å². The van der Waals surface area contributed by atoms with Crippen LogP contribution >= 0.6 is 0 Å². The average Bonchev–Trinajstić information content (AvgIpc) is 2.51. The van der Waals surface area contributed by atoms with Gasteiger partial charge in [-0.2, -0.15) is 0 Å². The van der Waals surface area contributed by atoms with Gasteiger partial charge in [0.05, 0.1) is 23.1 Å². The number of hydroxylamine groups is 2. The van der Waals surface area contributed by atoms with Crippen LogP contribution in [0.25, 0.3) is 10.9 Å². The number of amides is 1. The molecule has 0 bridgehead atoms. The Bertz CT molecular complexity index is 761. The van der Waals surface area contributed by atoms with Gasteiger partial charge in [0.15, 0.2) is 9.84 Å². The van der Waals surface area contributed by atoms with Crippen molar-refractivity contribution < 1.29 is 18.4 Å². The summed E-state index contributed by atoms with van der Waals surface area (Å²) >= 11 is 0. The topological polar surface area (TPSA) is 87.6 Å². The molecule has 1 aromatic heterocycles. The smallest absolute Gasteiger partial charge is 0.233 e. The molecule has 1 aromatic carbocycles. The van der Waals surface area contributed by atoms with E-state index in [1.807, 2.05) is 24.3 Å². The highest BCUT2D eigenvalue weighted by atomic mass is 32.2. The Labute approximate surface area is 129 Å². The van der Waals surface area contributed by atoms with E-state index in [0.29, 0.717) is 17.0 Å². The fourth-order valence-electron chi connectivity index (χ4n) is 2.27. The fraction of sp³-hybridized carbons (Fsp3) is 0.333. The van der Waals surface area contributed by atoms with Crippen molar-refractivity contribution in [1.29, 1.82) is 0 Å². The first-order chi connectivity index (χ1) is 10.4. The number of nitrogens with zero attached hydrogens (tertiary/aromatic N) is 2. The first-order valence-electron chi connectivity index (χ1n) is 6.92. The van der Waals surface area contributed by atoms with Gasteiger partial charge in [0, 0.05) is 11.6 Å². The number of para-hydroxylation sites is 1. The maximum atomic E-state index is 12.2. The SMILES string of the molecule is CC[C@@H](CS(=O)(=O)Cc1cnc2ccccc2c1)N(O)C=O. The van der Waals surface area contributed by atoms with Gasteiger partial charge in [0.25, 0.3) is 0 Å². The molecule has 0 unspecified atom stereocenters. The van der Waals surface area contributed by atoms with Crippen molar-refractivity contribution in [3.63, 3.8) is 0 Å². The molecule has 1 amide bonds. The minimum atomic E-state index is -3.47. The minimum absolute atomic E-state index is 0.173. The third kappa shape index (κ3) is 4.02. The second kappa shape index (κ2) is 6.85. The molecule has 22 heavy (non-hydrogen) atoms. The molecule has 1 heterocycles. The lowest BCUT2D eigenvalue weighted by Gasteiger charge is -2.20. The molecule has 0 aliphatic carbocycles. The summed E-state index contributed by atoms with van der Waals surface area (Å²) in [6.45, 7) is 1.71. The third-order valence-electron chi connectivity index (χ3n) is 3.43. The lowest BCUT2D eigenvalue weighted by Crippen LogP contribution is -2.36.